The molecule has 3 N–H and O–H groups in total. The molecule has 0 radical (unpaired) electrons. The zero-order valence-electron chi connectivity index (χ0n) is 8.74. The molecule has 0 saturated carbocycles. The summed E-state index contributed by atoms with van der Waals surface area (Å²) in [4.78, 5) is 11.3. The normalized spacial score (nSPS) is 26.2. The molecule has 15 heavy (non-hydrogen) atoms. The molecule has 1 heterocycles. The second-order valence-corrected chi connectivity index (χ2v) is 5.23. The summed E-state index contributed by atoms with van der Waals surface area (Å²) < 4.78 is 16.1. The molecule has 0 aromatic rings. The van der Waals surface area contributed by atoms with Crippen molar-refractivity contribution in [3.8, 4) is 0 Å². The van der Waals surface area contributed by atoms with Crippen LogP contribution in [-0.2, 0) is 20.3 Å². The van der Waals surface area contributed by atoms with Crippen molar-refractivity contribution in [3.63, 3.8) is 0 Å². The molecule has 0 atom stereocenters. The zero-order chi connectivity index (χ0) is 11.1. The van der Waals surface area contributed by atoms with Gasteiger partial charge < -0.3 is 15.8 Å². The first-order valence-corrected chi connectivity index (χ1v) is 6.63. The molecule has 1 saturated heterocycles. The Labute approximate surface area is 92.2 Å². The molecule has 0 aromatic carbocycles. The minimum absolute atomic E-state index is 0.0663. The molecule has 5 nitrogen and oxygen atoms in total. The third-order valence-corrected chi connectivity index (χ3v) is 3.63. The van der Waals surface area contributed by atoms with Crippen LogP contribution < -0.4 is 11.1 Å². The highest BCUT2D eigenvalue weighted by atomic mass is 32.2. The van der Waals surface area contributed by atoms with Gasteiger partial charge in [0.15, 0.2) is 0 Å². The van der Waals surface area contributed by atoms with Crippen LogP contribution in [0.15, 0.2) is 0 Å². The number of hydrogen-bond donors (Lipinski definition) is 2. The Bertz CT molecular complexity index is 225. The second-order valence-electron chi connectivity index (χ2n) is 3.53. The fourth-order valence-electron chi connectivity index (χ4n) is 1.46. The van der Waals surface area contributed by atoms with Crippen LogP contribution in [0, 0.1) is 0 Å². The quantitative estimate of drug-likeness (QED) is 0.597. The summed E-state index contributed by atoms with van der Waals surface area (Å²) in [5.41, 5.74) is 5.22. The van der Waals surface area contributed by atoms with Crippen LogP contribution in [0.4, 0.5) is 0 Å². The highest BCUT2D eigenvalue weighted by molar-refractivity contribution is 7.85. The first kappa shape index (κ1) is 12.6. The number of ether oxygens (including phenoxy) is 1. The van der Waals surface area contributed by atoms with Gasteiger partial charge in [0.25, 0.3) is 0 Å². The predicted octanol–water partition coefficient (Wildman–Crippen LogP) is -1.01. The van der Waals surface area contributed by atoms with Gasteiger partial charge in [0.2, 0.25) is 5.91 Å². The van der Waals surface area contributed by atoms with Crippen molar-refractivity contribution in [1.29, 1.82) is 0 Å². The average Bonchev–Trinajstić information content (AvgIpc) is 2.22. The molecule has 0 aromatic heterocycles. The van der Waals surface area contributed by atoms with E-state index < -0.39 is 10.8 Å². The Morgan fingerprint density at radius 1 is 1.47 bits per heavy atom. The van der Waals surface area contributed by atoms with Gasteiger partial charge in [-0.25, -0.2) is 0 Å². The van der Waals surface area contributed by atoms with Gasteiger partial charge in [-0.1, -0.05) is 0 Å². The number of nitrogens with two attached hydrogens (primary N) is 1. The maximum Gasteiger partial charge on any atom is 0.246 e. The van der Waals surface area contributed by atoms with Crippen molar-refractivity contribution < 1.29 is 13.7 Å². The molecule has 0 bridgehead atoms. The van der Waals surface area contributed by atoms with Crippen LogP contribution in [0.3, 0.4) is 0 Å². The molecule has 88 valence electrons. The van der Waals surface area contributed by atoms with E-state index in [1.807, 2.05) is 0 Å². The summed E-state index contributed by atoms with van der Waals surface area (Å²) in [6.07, 6.45) is 1.60. The van der Waals surface area contributed by atoms with Crippen molar-refractivity contribution >= 4 is 16.7 Å². The Morgan fingerprint density at radius 3 is 2.73 bits per heavy atom. The van der Waals surface area contributed by atoms with Crippen LogP contribution in [0.25, 0.3) is 0 Å². The summed E-state index contributed by atoms with van der Waals surface area (Å²) in [5, 5.41) is 2.86. The van der Waals surface area contributed by atoms with Crippen LogP contribution in [-0.4, -0.2) is 47.4 Å². The van der Waals surface area contributed by atoms with Gasteiger partial charge in [0.05, 0.1) is 6.61 Å². The number of carbonyl (C=O) groups excluding carboxylic acids is 1. The third-order valence-electron chi connectivity index (χ3n) is 2.25. The Hall–Kier alpha value is -0.460. The molecule has 1 aliphatic rings. The number of nitrogens with one attached hydrogen (secondary N) is 1. The maximum atomic E-state index is 11.3. The average molecular weight is 234 g/mol. The van der Waals surface area contributed by atoms with Gasteiger partial charge in [-0.3, -0.25) is 9.00 Å². The van der Waals surface area contributed by atoms with E-state index in [1.54, 1.807) is 0 Å². The molecular formula is C9H18N2O3S. The number of hydrogen-bond acceptors (Lipinski definition) is 4. The van der Waals surface area contributed by atoms with E-state index in [2.05, 4.69) is 5.32 Å². The Balaban J connectivity index is 2.12. The number of rotatable bonds is 5. The van der Waals surface area contributed by atoms with E-state index in [9.17, 15) is 9.00 Å². The molecule has 0 spiro atoms. The SMILES string of the molecule is NCCOCC(=O)NC1CCS(=O)CC1. The predicted molar refractivity (Wildman–Crippen MR) is 58.9 cm³/mol. The van der Waals surface area contributed by atoms with Crippen LogP contribution in [0.5, 0.6) is 0 Å². The smallest absolute Gasteiger partial charge is 0.246 e. The van der Waals surface area contributed by atoms with E-state index in [0.717, 1.165) is 12.8 Å². The maximum absolute atomic E-state index is 11.3. The lowest BCUT2D eigenvalue weighted by Gasteiger charge is -2.22. The molecule has 1 aliphatic heterocycles. The molecular weight excluding hydrogens is 216 g/mol. The summed E-state index contributed by atoms with van der Waals surface area (Å²) in [6.45, 7) is 0.897. The van der Waals surface area contributed by atoms with Crippen molar-refractivity contribution in [2.24, 2.45) is 5.73 Å². The molecule has 1 fully saturated rings. The van der Waals surface area contributed by atoms with Crippen LogP contribution in [0.2, 0.25) is 0 Å². The lowest BCUT2D eigenvalue weighted by Crippen LogP contribution is -2.41. The van der Waals surface area contributed by atoms with Crippen molar-refractivity contribution in [1.82, 2.24) is 5.32 Å². The van der Waals surface area contributed by atoms with E-state index in [1.165, 1.54) is 0 Å². The largest absolute Gasteiger partial charge is 0.370 e. The van der Waals surface area contributed by atoms with Crippen molar-refractivity contribution in [2.45, 2.75) is 18.9 Å². The standard InChI is InChI=1S/C9H18N2O3S/c10-3-4-14-7-9(12)11-8-1-5-15(13)6-2-8/h8H,1-7,10H2,(H,11,12). The van der Waals surface area contributed by atoms with E-state index in [-0.39, 0.29) is 18.6 Å². The fourth-order valence-corrected chi connectivity index (χ4v) is 2.75. The summed E-state index contributed by atoms with van der Waals surface area (Å²) in [6, 6.07) is 0.164. The summed E-state index contributed by atoms with van der Waals surface area (Å²) in [5.74, 6) is 1.27. The van der Waals surface area contributed by atoms with Gasteiger partial charge in [0.1, 0.15) is 6.61 Å². The lowest BCUT2D eigenvalue weighted by molar-refractivity contribution is -0.126. The first-order valence-electron chi connectivity index (χ1n) is 5.14. The second kappa shape index (κ2) is 6.92. The van der Waals surface area contributed by atoms with Gasteiger partial charge in [0, 0.05) is 34.9 Å². The highest BCUT2D eigenvalue weighted by Gasteiger charge is 2.19. The molecule has 0 aliphatic carbocycles. The molecule has 0 unspecified atom stereocenters. The monoisotopic (exact) mass is 234 g/mol. The topological polar surface area (TPSA) is 81.4 Å². The molecule has 1 amide bonds. The third kappa shape index (κ3) is 5.25. The van der Waals surface area contributed by atoms with E-state index in [4.69, 9.17) is 10.5 Å². The van der Waals surface area contributed by atoms with Crippen LogP contribution >= 0.6 is 0 Å². The minimum Gasteiger partial charge on any atom is -0.370 e. The Morgan fingerprint density at radius 2 is 2.13 bits per heavy atom. The van der Waals surface area contributed by atoms with Gasteiger partial charge in [-0.2, -0.15) is 0 Å². The first-order chi connectivity index (χ1) is 7.22. The van der Waals surface area contributed by atoms with E-state index >= 15 is 0 Å². The van der Waals surface area contributed by atoms with Crippen LogP contribution in [0.1, 0.15) is 12.8 Å². The molecule has 1 rings (SSSR count). The fraction of sp³-hybridized carbons (Fsp3) is 0.889. The van der Waals surface area contributed by atoms with E-state index in [0.29, 0.717) is 24.7 Å². The minimum atomic E-state index is -0.682. The lowest BCUT2D eigenvalue weighted by atomic mass is 10.1. The van der Waals surface area contributed by atoms with Gasteiger partial charge in [-0.05, 0) is 12.8 Å². The number of amides is 1. The number of carbonyl (C=O) groups is 1. The van der Waals surface area contributed by atoms with Crippen molar-refractivity contribution in [2.75, 3.05) is 31.3 Å². The molecule has 6 heteroatoms. The summed E-state index contributed by atoms with van der Waals surface area (Å²) >= 11 is 0. The Kier molecular flexibility index (Phi) is 5.82. The van der Waals surface area contributed by atoms with Gasteiger partial charge >= 0.3 is 0 Å². The zero-order valence-corrected chi connectivity index (χ0v) is 9.55. The highest BCUT2D eigenvalue weighted by Crippen LogP contribution is 2.08. The van der Waals surface area contributed by atoms with Gasteiger partial charge in [-0.15, -0.1) is 0 Å². The summed E-state index contributed by atoms with van der Waals surface area (Å²) in [7, 11) is -0.682. The van der Waals surface area contributed by atoms with Crippen molar-refractivity contribution in [3.05, 3.63) is 0 Å².